The number of rotatable bonds is 2. The number of amides is 1. The van der Waals surface area contributed by atoms with Crippen LogP contribution in [0.2, 0.25) is 0 Å². The minimum absolute atomic E-state index is 0.872. The molecule has 1 atom stereocenters. The van der Waals surface area contributed by atoms with Crippen molar-refractivity contribution in [3.63, 3.8) is 0 Å². The normalized spacial score (nSPS) is 24.0. The van der Waals surface area contributed by atoms with Gasteiger partial charge >= 0.3 is 24.2 Å². The van der Waals surface area contributed by atoms with Gasteiger partial charge in [-0.3, -0.25) is 0 Å². The molecular formula is C7H7F6NO4. The molecule has 0 aliphatic carbocycles. The van der Waals surface area contributed by atoms with E-state index in [1.54, 1.807) is 0 Å². The fraction of sp³-hybridized carbons (Fsp3) is 0.857. The van der Waals surface area contributed by atoms with Crippen LogP contribution in [0.1, 0.15) is 0 Å². The van der Waals surface area contributed by atoms with Crippen LogP contribution < -0.4 is 5.73 Å². The highest BCUT2D eigenvalue weighted by Gasteiger charge is 2.77. The van der Waals surface area contributed by atoms with Gasteiger partial charge in [0, 0.05) is 0 Å². The van der Waals surface area contributed by atoms with Gasteiger partial charge in [-0.2, -0.15) is 26.3 Å². The predicted octanol–water partition coefficient (Wildman–Crippen LogP) is 1.32. The molecule has 5 nitrogen and oxygen atoms in total. The van der Waals surface area contributed by atoms with Crippen molar-refractivity contribution in [2.24, 2.45) is 5.73 Å². The van der Waals surface area contributed by atoms with Crippen LogP contribution >= 0.6 is 0 Å². The molecule has 0 aromatic rings. The molecule has 1 fully saturated rings. The summed E-state index contributed by atoms with van der Waals surface area (Å²) in [5.74, 6) is -4.70. The lowest BCUT2D eigenvalue weighted by Crippen LogP contribution is -2.58. The first-order valence-electron chi connectivity index (χ1n) is 4.37. The Morgan fingerprint density at radius 3 is 2.11 bits per heavy atom. The first kappa shape index (κ1) is 14.8. The summed E-state index contributed by atoms with van der Waals surface area (Å²) >= 11 is 0. The Bertz CT molecular complexity index is 313. The van der Waals surface area contributed by atoms with Gasteiger partial charge in [0.25, 0.3) is 0 Å². The van der Waals surface area contributed by atoms with E-state index in [-0.39, 0.29) is 0 Å². The summed E-state index contributed by atoms with van der Waals surface area (Å²) < 4.78 is 85.9. The first-order valence-corrected chi connectivity index (χ1v) is 4.37. The van der Waals surface area contributed by atoms with E-state index in [4.69, 9.17) is 0 Å². The smallest absolute Gasteiger partial charge is 0.447 e. The number of carbonyl (C=O) groups excluding carboxylic acids is 1. The second kappa shape index (κ2) is 4.46. The topological polar surface area (TPSA) is 70.8 Å². The molecule has 2 N–H and O–H groups in total. The fourth-order valence-corrected chi connectivity index (χ4v) is 1.23. The Balaban J connectivity index is 2.83. The zero-order valence-electron chi connectivity index (χ0n) is 8.47. The molecule has 0 aromatic carbocycles. The molecule has 1 aliphatic rings. The highest BCUT2D eigenvalue weighted by Crippen LogP contribution is 2.49. The molecule has 18 heavy (non-hydrogen) atoms. The van der Waals surface area contributed by atoms with Crippen molar-refractivity contribution in [3.8, 4) is 0 Å². The third kappa shape index (κ3) is 2.61. The highest BCUT2D eigenvalue weighted by molar-refractivity contribution is 5.64. The first-order chi connectivity index (χ1) is 7.99. The Kier molecular flexibility index (Phi) is 3.68. The Morgan fingerprint density at radius 1 is 1.28 bits per heavy atom. The minimum Gasteiger partial charge on any atom is -0.447 e. The van der Waals surface area contributed by atoms with Gasteiger partial charge in [0.1, 0.15) is 12.7 Å². The Morgan fingerprint density at radius 2 is 1.78 bits per heavy atom. The average molecular weight is 283 g/mol. The van der Waals surface area contributed by atoms with Crippen LogP contribution in [0.4, 0.5) is 31.1 Å². The van der Waals surface area contributed by atoms with Gasteiger partial charge in [-0.05, 0) is 0 Å². The van der Waals surface area contributed by atoms with Crippen LogP contribution in [0.3, 0.4) is 0 Å². The van der Waals surface area contributed by atoms with Gasteiger partial charge in [0.2, 0.25) is 0 Å². The zero-order valence-corrected chi connectivity index (χ0v) is 8.47. The van der Waals surface area contributed by atoms with Gasteiger partial charge in [-0.15, -0.1) is 0 Å². The number of primary amides is 1. The number of alkyl halides is 6. The van der Waals surface area contributed by atoms with Crippen LogP contribution in [0.5, 0.6) is 0 Å². The number of hydrogen-bond donors (Lipinski definition) is 1. The number of halogens is 6. The minimum atomic E-state index is -5.81. The summed E-state index contributed by atoms with van der Waals surface area (Å²) in [6.45, 7) is -1.91. The van der Waals surface area contributed by atoms with Crippen LogP contribution in [-0.2, 0) is 14.2 Å². The van der Waals surface area contributed by atoms with Crippen LogP contribution in [-0.4, -0.2) is 43.6 Å². The largest absolute Gasteiger partial charge is 0.453 e. The third-order valence-corrected chi connectivity index (χ3v) is 1.96. The maximum Gasteiger partial charge on any atom is 0.453 e. The van der Waals surface area contributed by atoms with E-state index in [1.165, 1.54) is 0 Å². The lowest BCUT2D eigenvalue weighted by atomic mass is 10.2. The van der Waals surface area contributed by atoms with Crippen molar-refractivity contribution in [3.05, 3.63) is 0 Å². The molecule has 1 rings (SSSR count). The summed E-state index contributed by atoms with van der Waals surface area (Å²) in [5, 5.41) is 0. The van der Waals surface area contributed by atoms with Gasteiger partial charge in [0.15, 0.2) is 0 Å². The number of ether oxygens (including phenoxy) is 3. The van der Waals surface area contributed by atoms with Crippen molar-refractivity contribution in [1.82, 2.24) is 0 Å². The Labute approximate surface area is 95.8 Å². The number of nitrogens with two attached hydrogens (primary N) is 1. The van der Waals surface area contributed by atoms with E-state index in [0.717, 1.165) is 0 Å². The summed E-state index contributed by atoms with van der Waals surface area (Å²) in [5.41, 5.74) is 4.51. The average Bonchev–Trinajstić information content (AvgIpc) is 2.57. The van der Waals surface area contributed by atoms with Gasteiger partial charge in [-0.1, -0.05) is 0 Å². The molecule has 0 radical (unpaired) electrons. The summed E-state index contributed by atoms with van der Waals surface area (Å²) in [7, 11) is 0. The molecule has 1 aliphatic heterocycles. The van der Waals surface area contributed by atoms with Gasteiger partial charge < -0.3 is 19.9 Å². The summed E-state index contributed by atoms with van der Waals surface area (Å²) in [6, 6.07) is 0. The monoisotopic (exact) mass is 283 g/mol. The van der Waals surface area contributed by atoms with Crippen molar-refractivity contribution < 1.29 is 45.3 Å². The Hall–Kier alpha value is -1.23. The molecule has 1 amide bonds. The van der Waals surface area contributed by atoms with Gasteiger partial charge in [-0.25, -0.2) is 4.79 Å². The van der Waals surface area contributed by atoms with Crippen molar-refractivity contribution in [2.45, 2.75) is 24.2 Å². The van der Waals surface area contributed by atoms with Crippen molar-refractivity contribution >= 4 is 6.09 Å². The van der Waals surface area contributed by atoms with E-state index in [1.807, 2.05) is 0 Å². The SMILES string of the molecule is NC(=O)OCC1COC(C(F)(F)F)(C(F)(F)F)O1. The molecular weight excluding hydrogens is 276 g/mol. The van der Waals surface area contributed by atoms with Crippen LogP contribution in [0.25, 0.3) is 0 Å². The maximum absolute atomic E-state index is 12.4. The quantitative estimate of drug-likeness (QED) is 0.776. The van der Waals surface area contributed by atoms with E-state index < -0.39 is 43.6 Å². The van der Waals surface area contributed by atoms with Gasteiger partial charge in [0.05, 0.1) is 6.61 Å². The molecule has 0 saturated carbocycles. The predicted molar refractivity (Wildman–Crippen MR) is 41.2 cm³/mol. The maximum atomic E-state index is 12.4. The van der Waals surface area contributed by atoms with Crippen molar-refractivity contribution in [1.29, 1.82) is 0 Å². The molecule has 106 valence electrons. The lowest BCUT2D eigenvalue weighted by molar-refractivity contribution is -0.443. The van der Waals surface area contributed by atoms with E-state index in [0.29, 0.717) is 0 Å². The van der Waals surface area contributed by atoms with E-state index >= 15 is 0 Å². The number of carbonyl (C=O) groups is 1. The molecule has 0 spiro atoms. The summed E-state index contributed by atoms with van der Waals surface area (Å²) in [6.07, 6.45) is -14.7. The molecule has 1 heterocycles. The van der Waals surface area contributed by atoms with Crippen LogP contribution in [0, 0.1) is 0 Å². The lowest BCUT2D eigenvalue weighted by Gasteiger charge is -2.31. The molecule has 11 heteroatoms. The third-order valence-electron chi connectivity index (χ3n) is 1.96. The van der Waals surface area contributed by atoms with E-state index in [2.05, 4.69) is 19.9 Å². The second-order valence-corrected chi connectivity index (χ2v) is 3.29. The molecule has 1 unspecified atom stereocenters. The van der Waals surface area contributed by atoms with Crippen molar-refractivity contribution in [2.75, 3.05) is 13.2 Å². The molecule has 0 aromatic heterocycles. The number of hydrogen-bond acceptors (Lipinski definition) is 4. The highest BCUT2D eigenvalue weighted by atomic mass is 19.4. The molecule has 0 bridgehead atoms. The molecule has 1 saturated heterocycles. The standard InChI is InChI=1S/C7H7F6NO4/c8-6(9,10)5(7(11,12)13)17-2-3(18-5)1-16-4(14)15/h3H,1-2H2,(H2,14,15). The second-order valence-electron chi connectivity index (χ2n) is 3.29. The van der Waals surface area contributed by atoms with E-state index in [9.17, 15) is 31.1 Å². The summed E-state index contributed by atoms with van der Waals surface area (Å²) in [4.78, 5) is 10.2. The zero-order chi connectivity index (χ0) is 14.2. The van der Waals surface area contributed by atoms with Crippen LogP contribution in [0.15, 0.2) is 0 Å². The fourth-order valence-electron chi connectivity index (χ4n) is 1.23.